The smallest absolute Gasteiger partial charge is 0.0747 e. The zero-order chi connectivity index (χ0) is 9.10. The van der Waals surface area contributed by atoms with Crippen molar-refractivity contribution in [3.63, 3.8) is 0 Å². The normalized spacial score (nSPS) is 18.3. The lowest BCUT2D eigenvalue weighted by molar-refractivity contribution is 1.28. The highest BCUT2D eigenvalue weighted by Gasteiger charge is 2.10. The van der Waals surface area contributed by atoms with Crippen molar-refractivity contribution in [2.45, 2.75) is 6.42 Å². The van der Waals surface area contributed by atoms with Gasteiger partial charge >= 0.3 is 0 Å². The first-order valence-electron chi connectivity index (χ1n) is 4.31. The summed E-state index contributed by atoms with van der Waals surface area (Å²) in [6, 6.07) is 8.14. The van der Waals surface area contributed by atoms with Gasteiger partial charge in [0.1, 0.15) is 0 Å². The Morgan fingerprint density at radius 2 is 2.00 bits per heavy atom. The second-order valence-electron chi connectivity index (χ2n) is 2.90. The average molecular weight is 189 g/mol. The summed E-state index contributed by atoms with van der Waals surface area (Å²) in [5.41, 5.74) is 2.19. The summed E-state index contributed by atoms with van der Waals surface area (Å²) in [5, 5.41) is 1.26. The molecule has 2 heteroatoms. The molecule has 0 unspecified atom stereocenters. The maximum Gasteiger partial charge on any atom is 0.0747 e. The van der Waals surface area contributed by atoms with E-state index in [1.807, 2.05) is 42.1 Å². The molecule has 1 fully saturated rings. The van der Waals surface area contributed by atoms with E-state index in [-0.39, 0.29) is 0 Å². The molecule has 1 aromatic carbocycles. The standard InChI is InChI=1S/C11H11NS/c1-2-9-3-5-10(6-4-9)12-11-7-8-13-11/h2-6H,1,7-8H2. The quantitative estimate of drug-likeness (QED) is 0.693. The third kappa shape index (κ3) is 2.01. The van der Waals surface area contributed by atoms with Gasteiger partial charge in [0.25, 0.3) is 0 Å². The van der Waals surface area contributed by atoms with Crippen LogP contribution in [0, 0.1) is 0 Å². The summed E-state index contributed by atoms with van der Waals surface area (Å²) >= 11 is 1.84. The number of nitrogens with zero attached hydrogens (tertiary/aromatic N) is 1. The van der Waals surface area contributed by atoms with Crippen LogP contribution in [0.25, 0.3) is 6.08 Å². The van der Waals surface area contributed by atoms with Crippen LogP contribution < -0.4 is 0 Å². The van der Waals surface area contributed by atoms with Crippen molar-refractivity contribution >= 4 is 28.6 Å². The predicted molar refractivity (Wildman–Crippen MR) is 60.7 cm³/mol. The van der Waals surface area contributed by atoms with E-state index in [1.54, 1.807) is 0 Å². The molecule has 0 bridgehead atoms. The van der Waals surface area contributed by atoms with Crippen LogP contribution >= 0.6 is 11.8 Å². The van der Waals surface area contributed by atoms with Crippen molar-refractivity contribution < 1.29 is 0 Å². The number of hydrogen-bond donors (Lipinski definition) is 0. The Morgan fingerprint density at radius 1 is 1.31 bits per heavy atom. The van der Waals surface area contributed by atoms with E-state index in [9.17, 15) is 0 Å². The van der Waals surface area contributed by atoms with Gasteiger partial charge in [-0.1, -0.05) is 24.8 Å². The topological polar surface area (TPSA) is 12.4 Å². The van der Waals surface area contributed by atoms with Crippen molar-refractivity contribution in [3.05, 3.63) is 36.4 Å². The molecule has 1 nitrogen and oxygen atoms in total. The van der Waals surface area contributed by atoms with Crippen LogP contribution in [-0.2, 0) is 0 Å². The Labute approximate surface area is 82.6 Å². The largest absolute Gasteiger partial charge is 0.247 e. The molecule has 1 aliphatic rings. The molecule has 0 radical (unpaired) electrons. The number of thioether (sulfide) groups is 1. The number of rotatable bonds is 2. The van der Waals surface area contributed by atoms with Crippen LogP contribution in [-0.4, -0.2) is 10.8 Å². The fourth-order valence-electron chi connectivity index (χ4n) is 1.11. The zero-order valence-corrected chi connectivity index (χ0v) is 8.18. The Morgan fingerprint density at radius 3 is 2.46 bits per heavy atom. The Balaban J connectivity index is 2.17. The van der Waals surface area contributed by atoms with E-state index < -0.39 is 0 Å². The van der Waals surface area contributed by atoms with Gasteiger partial charge in [-0.2, -0.15) is 0 Å². The van der Waals surface area contributed by atoms with Gasteiger partial charge in [0.15, 0.2) is 0 Å². The van der Waals surface area contributed by atoms with E-state index >= 15 is 0 Å². The molecule has 0 aliphatic carbocycles. The van der Waals surface area contributed by atoms with E-state index in [1.165, 1.54) is 10.8 Å². The highest BCUT2D eigenvalue weighted by atomic mass is 32.2. The van der Waals surface area contributed by atoms with Gasteiger partial charge in [-0.15, -0.1) is 11.8 Å². The van der Waals surface area contributed by atoms with Crippen LogP contribution in [0.5, 0.6) is 0 Å². The first kappa shape index (κ1) is 8.57. The molecular formula is C11H11NS. The van der Waals surface area contributed by atoms with Gasteiger partial charge in [-0.25, -0.2) is 4.99 Å². The highest BCUT2D eigenvalue weighted by molar-refractivity contribution is 8.15. The molecule has 0 spiro atoms. The minimum Gasteiger partial charge on any atom is -0.247 e. The summed E-state index contributed by atoms with van der Waals surface area (Å²) < 4.78 is 0. The minimum absolute atomic E-state index is 1.05. The van der Waals surface area contributed by atoms with Crippen molar-refractivity contribution in [2.75, 3.05) is 5.75 Å². The second-order valence-corrected chi connectivity index (χ2v) is 4.07. The van der Waals surface area contributed by atoms with Gasteiger partial charge in [0.2, 0.25) is 0 Å². The molecule has 1 heterocycles. The molecule has 13 heavy (non-hydrogen) atoms. The SMILES string of the molecule is C=Cc1ccc(N=C2CCS2)cc1. The van der Waals surface area contributed by atoms with Gasteiger partial charge in [-0.05, 0) is 17.7 Å². The Bertz CT molecular complexity index is 332. The van der Waals surface area contributed by atoms with Gasteiger partial charge in [0.05, 0.1) is 10.7 Å². The molecule has 1 aliphatic heterocycles. The van der Waals surface area contributed by atoms with Gasteiger partial charge in [-0.3, -0.25) is 0 Å². The van der Waals surface area contributed by atoms with E-state index in [2.05, 4.69) is 11.6 Å². The monoisotopic (exact) mass is 189 g/mol. The summed E-state index contributed by atoms with van der Waals surface area (Å²) in [4.78, 5) is 4.49. The van der Waals surface area contributed by atoms with Gasteiger partial charge in [0, 0.05) is 12.2 Å². The Kier molecular flexibility index (Phi) is 2.50. The fourth-order valence-corrected chi connectivity index (χ4v) is 1.67. The first-order chi connectivity index (χ1) is 6.38. The summed E-state index contributed by atoms with van der Waals surface area (Å²) in [7, 11) is 0. The molecule has 0 atom stereocenters. The lowest BCUT2D eigenvalue weighted by Gasteiger charge is -2.13. The number of hydrogen-bond acceptors (Lipinski definition) is 2. The lowest BCUT2D eigenvalue weighted by Crippen LogP contribution is -2.06. The van der Waals surface area contributed by atoms with Crippen LogP contribution in [0.15, 0.2) is 35.8 Å². The molecule has 1 saturated heterocycles. The third-order valence-corrected chi connectivity index (χ3v) is 3.00. The number of benzene rings is 1. The maximum absolute atomic E-state index is 4.49. The lowest BCUT2D eigenvalue weighted by atomic mass is 10.2. The van der Waals surface area contributed by atoms with Crippen LogP contribution in [0.1, 0.15) is 12.0 Å². The van der Waals surface area contributed by atoms with E-state index in [0.717, 1.165) is 17.7 Å². The molecular weight excluding hydrogens is 178 g/mol. The van der Waals surface area contributed by atoms with Gasteiger partial charge < -0.3 is 0 Å². The minimum atomic E-state index is 1.05. The maximum atomic E-state index is 4.49. The van der Waals surface area contributed by atoms with Crippen LogP contribution in [0.2, 0.25) is 0 Å². The van der Waals surface area contributed by atoms with E-state index in [4.69, 9.17) is 0 Å². The van der Waals surface area contributed by atoms with Crippen molar-refractivity contribution in [1.82, 2.24) is 0 Å². The zero-order valence-electron chi connectivity index (χ0n) is 7.36. The molecule has 1 aromatic rings. The summed E-state index contributed by atoms with van der Waals surface area (Å²) in [5.74, 6) is 1.23. The van der Waals surface area contributed by atoms with Crippen LogP contribution in [0.4, 0.5) is 5.69 Å². The molecule has 0 N–H and O–H groups in total. The second kappa shape index (κ2) is 3.79. The average Bonchev–Trinajstić information content (AvgIpc) is 2.12. The number of aliphatic imine (C=N–C) groups is 1. The summed E-state index contributed by atoms with van der Waals surface area (Å²) in [6.07, 6.45) is 2.99. The van der Waals surface area contributed by atoms with Crippen molar-refractivity contribution in [3.8, 4) is 0 Å². The summed E-state index contributed by atoms with van der Waals surface area (Å²) in [6.45, 7) is 3.71. The third-order valence-electron chi connectivity index (χ3n) is 1.97. The molecule has 0 aromatic heterocycles. The fraction of sp³-hybridized carbons (Fsp3) is 0.182. The highest BCUT2D eigenvalue weighted by Crippen LogP contribution is 2.25. The molecule has 0 amide bonds. The molecule has 0 saturated carbocycles. The van der Waals surface area contributed by atoms with Crippen molar-refractivity contribution in [2.24, 2.45) is 4.99 Å². The van der Waals surface area contributed by atoms with Crippen molar-refractivity contribution in [1.29, 1.82) is 0 Å². The molecule has 2 rings (SSSR count). The molecule has 66 valence electrons. The predicted octanol–water partition coefficient (Wildman–Crippen LogP) is 3.50. The van der Waals surface area contributed by atoms with E-state index in [0.29, 0.717) is 0 Å². The van der Waals surface area contributed by atoms with Crippen LogP contribution in [0.3, 0.4) is 0 Å². The first-order valence-corrected chi connectivity index (χ1v) is 5.30. The Hall–Kier alpha value is -1.02.